The van der Waals surface area contributed by atoms with Crippen LogP contribution in [0.5, 0.6) is 5.88 Å². The minimum absolute atomic E-state index is 0.0570. The van der Waals surface area contributed by atoms with Gasteiger partial charge in [-0.3, -0.25) is 10.1 Å². The Bertz CT molecular complexity index is 1670. The molecule has 1 aromatic carbocycles. The highest BCUT2D eigenvalue weighted by atomic mass is 32.2. The number of anilines is 1. The molecule has 1 saturated carbocycles. The summed E-state index contributed by atoms with van der Waals surface area (Å²) in [5.74, 6) is 0.328. The molecule has 4 aromatic rings. The number of aromatic nitrogens is 4. The summed E-state index contributed by atoms with van der Waals surface area (Å²) in [6.07, 6.45) is 6.42. The Morgan fingerprint density at radius 1 is 1.02 bits per heavy atom. The lowest BCUT2D eigenvalue weighted by molar-refractivity contribution is -0.110. The van der Waals surface area contributed by atoms with Crippen molar-refractivity contribution in [2.24, 2.45) is 5.16 Å². The number of hydrogen-bond acceptors (Lipinski definition) is 12. The lowest BCUT2D eigenvalue weighted by Crippen LogP contribution is -2.34. The molecule has 0 atom stereocenters. The van der Waals surface area contributed by atoms with Crippen LogP contribution in [0.3, 0.4) is 0 Å². The number of piperidine rings is 1. The summed E-state index contributed by atoms with van der Waals surface area (Å²) in [6.45, 7) is 1.76. The first-order chi connectivity index (χ1) is 20.0. The van der Waals surface area contributed by atoms with Crippen molar-refractivity contribution in [3.05, 3.63) is 66.2 Å². The third-order valence-corrected chi connectivity index (χ3v) is 9.79. The molecule has 1 aliphatic heterocycles. The van der Waals surface area contributed by atoms with Crippen LogP contribution in [0.1, 0.15) is 37.1 Å². The van der Waals surface area contributed by atoms with Crippen molar-refractivity contribution in [3.8, 4) is 5.88 Å². The third kappa shape index (κ3) is 6.50. The minimum atomic E-state index is -3.37. The molecule has 1 amide bonds. The Kier molecular flexibility index (Phi) is 7.85. The van der Waals surface area contributed by atoms with Crippen molar-refractivity contribution < 1.29 is 22.8 Å². The molecule has 0 bridgehead atoms. The van der Waals surface area contributed by atoms with Crippen molar-refractivity contribution in [3.63, 3.8) is 0 Å². The molecule has 2 fully saturated rings. The molecule has 1 saturated heterocycles. The lowest BCUT2D eigenvalue weighted by atomic mass is 10.1. The summed E-state index contributed by atoms with van der Waals surface area (Å²) in [5.41, 5.74) is 0.940. The van der Waals surface area contributed by atoms with Crippen molar-refractivity contribution in [1.82, 2.24) is 25.3 Å². The molecule has 12 nitrogen and oxygen atoms in total. The van der Waals surface area contributed by atoms with Gasteiger partial charge >= 0.3 is 0 Å². The standard InChI is InChI=1S/C27H27N7O5S2/c35-25(33-27-31-21-8-9-23(32-26(21)40-27)39-18-10-14-28-15-11-18)24(34-38-16-22-29-12-1-13-30-22)17-2-4-19(5-3-17)41(36,37)20-6-7-20/h1-5,8-9,12-13,18,20,28H,6-7,10-11,14-16H2,(H,31,33,35). The normalized spacial score (nSPS) is 16.4. The Labute approximate surface area is 240 Å². The van der Waals surface area contributed by atoms with Crippen molar-refractivity contribution >= 4 is 48.3 Å². The first-order valence-corrected chi connectivity index (χ1v) is 15.6. The van der Waals surface area contributed by atoms with Gasteiger partial charge in [-0.25, -0.2) is 28.4 Å². The molecule has 2 N–H and O–H groups in total. The molecule has 0 radical (unpaired) electrons. The molecule has 41 heavy (non-hydrogen) atoms. The topological polar surface area (TPSA) is 158 Å². The van der Waals surface area contributed by atoms with Gasteiger partial charge in [-0.2, -0.15) is 0 Å². The summed E-state index contributed by atoms with van der Waals surface area (Å²) < 4.78 is 31.3. The van der Waals surface area contributed by atoms with E-state index >= 15 is 0 Å². The summed E-state index contributed by atoms with van der Waals surface area (Å²) in [6, 6.07) is 11.3. The number of oxime groups is 1. The van der Waals surface area contributed by atoms with Gasteiger partial charge in [-0.1, -0.05) is 28.6 Å². The molecule has 6 rings (SSSR count). The third-order valence-electron chi connectivity index (χ3n) is 6.63. The first kappa shape index (κ1) is 27.2. The Morgan fingerprint density at radius 3 is 2.51 bits per heavy atom. The highest BCUT2D eigenvalue weighted by Crippen LogP contribution is 2.33. The van der Waals surface area contributed by atoms with E-state index in [1.807, 2.05) is 6.07 Å². The number of fused-ring (bicyclic) bond motifs is 1. The zero-order chi connectivity index (χ0) is 28.2. The quantitative estimate of drug-likeness (QED) is 0.207. The molecule has 0 unspecified atom stereocenters. The fourth-order valence-corrected chi connectivity index (χ4v) is 6.80. The van der Waals surface area contributed by atoms with E-state index < -0.39 is 15.7 Å². The molecule has 212 valence electrons. The molecular weight excluding hydrogens is 566 g/mol. The van der Waals surface area contributed by atoms with Gasteiger partial charge in [0.05, 0.1) is 10.1 Å². The van der Waals surface area contributed by atoms with Gasteiger partial charge in [0, 0.05) is 24.0 Å². The van der Waals surface area contributed by atoms with Crippen LogP contribution in [-0.2, 0) is 26.1 Å². The summed E-state index contributed by atoms with van der Waals surface area (Å²) in [5, 5.41) is 10.1. The van der Waals surface area contributed by atoms with Crippen LogP contribution in [0.4, 0.5) is 5.13 Å². The highest BCUT2D eigenvalue weighted by molar-refractivity contribution is 7.92. The average Bonchev–Trinajstić information content (AvgIpc) is 3.78. The second-order valence-electron chi connectivity index (χ2n) is 9.66. The second-order valence-corrected chi connectivity index (χ2v) is 12.9. The molecule has 14 heteroatoms. The largest absolute Gasteiger partial charge is 0.474 e. The van der Waals surface area contributed by atoms with E-state index in [0.717, 1.165) is 25.9 Å². The number of rotatable bonds is 10. The number of sulfone groups is 1. The highest BCUT2D eigenvalue weighted by Gasteiger charge is 2.36. The maximum Gasteiger partial charge on any atom is 0.280 e. The zero-order valence-corrected chi connectivity index (χ0v) is 23.5. The number of ether oxygens (including phenoxy) is 1. The number of nitrogens with one attached hydrogen (secondary N) is 2. The number of carbonyl (C=O) groups excluding carboxylic acids is 1. The van der Waals surface area contributed by atoms with E-state index in [1.165, 1.54) is 23.5 Å². The fraction of sp³-hybridized carbons (Fsp3) is 0.333. The Balaban J connectivity index is 1.21. The van der Waals surface area contributed by atoms with Gasteiger partial charge < -0.3 is 14.9 Å². The fourth-order valence-electron chi connectivity index (χ4n) is 4.32. The van der Waals surface area contributed by atoms with Gasteiger partial charge in [-0.15, -0.1) is 0 Å². The maximum atomic E-state index is 13.4. The van der Waals surface area contributed by atoms with E-state index in [2.05, 4.69) is 35.7 Å². The lowest BCUT2D eigenvalue weighted by Gasteiger charge is -2.23. The molecule has 2 aliphatic rings. The van der Waals surface area contributed by atoms with Crippen LogP contribution >= 0.6 is 11.3 Å². The summed E-state index contributed by atoms with van der Waals surface area (Å²) >= 11 is 1.21. The molecule has 0 spiro atoms. The van der Waals surface area contributed by atoms with E-state index in [4.69, 9.17) is 9.57 Å². The smallest absolute Gasteiger partial charge is 0.280 e. The van der Waals surface area contributed by atoms with Gasteiger partial charge in [-0.05, 0) is 63.0 Å². The Hall–Kier alpha value is -4.01. The number of amides is 1. The van der Waals surface area contributed by atoms with E-state index in [0.29, 0.717) is 45.6 Å². The van der Waals surface area contributed by atoms with Crippen molar-refractivity contribution in [1.29, 1.82) is 0 Å². The average molecular weight is 594 g/mol. The van der Waals surface area contributed by atoms with Gasteiger partial charge in [0.25, 0.3) is 5.91 Å². The van der Waals surface area contributed by atoms with E-state index in [1.54, 1.807) is 36.7 Å². The maximum absolute atomic E-state index is 13.4. The number of hydrogen-bond donors (Lipinski definition) is 2. The molecule has 1 aliphatic carbocycles. The number of pyridine rings is 1. The molecule has 4 heterocycles. The SMILES string of the molecule is O=C(Nc1nc2ccc(OC3CCNCC3)nc2s1)C(=NOCc1ncccn1)c1ccc(S(=O)(=O)C2CC2)cc1. The second kappa shape index (κ2) is 11.8. The predicted molar refractivity (Wildman–Crippen MR) is 153 cm³/mol. The first-order valence-electron chi connectivity index (χ1n) is 13.2. The van der Waals surface area contributed by atoms with Crippen LogP contribution in [0.25, 0.3) is 10.3 Å². The van der Waals surface area contributed by atoms with E-state index in [-0.39, 0.29) is 28.6 Å². The van der Waals surface area contributed by atoms with Gasteiger partial charge in [0.15, 0.2) is 33.1 Å². The number of carbonyl (C=O) groups is 1. The van der Waals surface area contributed by atoms with Gasteiger partial charge in [0.2, 0.25) is 5.88 Å². The monoisotopic (exact) mass is 593 g/mol. The molecule has 3 aromatic heterocycles. The van der Waals surface area contributed by atoms with Crippen LogP contribution in [-0.4, -0.2) is 64.4 Å². The van der Waals surface area contributed by atoms with Crippen molar-refractivity contribution in [2.75, 3.05) is 18.4 Å². The van der Waals surface area contributed by atoms with Crippen LogP contribution in [0, 0.1) is 0 Å². The summed E-state index contributed by atoms with van der Waals surface area (Å²) in [7, 11) is -3.37. The van der Waals surface area contributed by atoms with Crippen molar-refractivity contribution in [2.45, 2.75) is 48.5 Å². The number of nitrogens with zero attached hydrogens (tertiary/aromatic N) is 5. The zero-order valence-electron chi connectivity index (χ0n) is 21.9. The Morgan fingerprint density at radius 2 is 1.78 bits per heavy atom. The number of thiazole rings is 1. The number of benzene rings is 1. The van der Waals surface area contributed by atoms with Gasteiger partial charge in [0.1, 0.15) is 16.5 Å². The predicted octanol–water partition coefficient (Wildman–Crippen LogP) is 3.11. The van der Waals surface area contributed by atoms with Crippen LogP contribution < -0.4 is 15.4 Å². The minimum Gasteiger partial charge on any atom is -0.474 e. The van der Waals surface area contributed by atoms with Crippen LogP contribution in [0.2, 0.25) is 0 Å². The van der Waals surface area contributed by atoms with Crippen LogP contribution in [0.15, 0.2) is 64.9 Å². The molecular formula is C27H27N7O5S2. The van der Waals surface area contributed by atoms with E-state index in [9.17, 15) is 13.2 Å². The summed E-state index contributed by atoms with van der Waals surface area (Å²) in [4.78, 5) is 36.9.